The number of para-hydroxylation sites is 1. The zero-order valence-electron chi connectivity index (χ0n) is 17.1. The van der Waals surface area contributed by atoms with E-state index in [0.29, 0.717) is 23.4 Å². The van der Waals surface area contributed by atoms with Crippen molar-refractivity contribution in [2.24, 2.45) is 0 Å². The molecule has 4 rings (SSSR count). The van der Waals surface area contributed by atoms with Crippen molar-refractivity contribution in [3.05, 3.63) is 72.3 Å². The maximum Gasteiger partial charge on any atom is 0.265 e. The summed E-state index contributed by atoms with van der Waals surface area (Å²) in [6, 6.07) is 20.9. The van der Waals surface area contributed by atoms with Gasteiger partial charge < -0.3 is 15.0 Å². The molecule has 0 saturated carbocycles. The Labute approximate surface area is 176 Å². The molecule has 154 valence electrons. The van der Waals surface area contributed by atoms with Crippen molar-refractivity contribution in [2.45, 2.75) is 32.3 Å². The van der Waals surface area contributed by atoms with Crippen molar-refractivity contribution < 1.29 is 14.3 Å². The number of hydrogen-bond donors (Lipinski definition) is 1. The minimum absolute atomic E-state index is 0.0357. The highest BCUT2D eigenvalue weighted by Crippen LogP contribution is 2.27. The van der Waals surface area contributed by atoms with Gasteiger partial charge >= 0.3 is 0 Å². The lowest BCUT2D eigenvalue weighted by molar-refractivity contribution is -0.122. The van der Waals surface area contributed by atoms with E-state index in [-0.39, 0.29) is 11.8 Å². The van der Waals surface area contributed by atoms with Crippen LogP contribution in [0.4, 0.5) is 5.69 Å². The molecule has 3 aromatic carbocycles. The second kappa shape index (κ2) is 8.99. The number of nitrogens with one attached hydrogen (secondary N) is 1. The van der Waals surface area contributed by atoms with Gasteiger partial charge in [-0.3, -0.25) is 9.59 Å². The lowest BCUT2D eigenvalue weighted by atomic mass is 10.1. The Balaban J connectivity index is 1.53. The fraction of sp³-hybridized carbons (Fsp3) is 0.280. The Hall–Kier alpha value is -3.34. The number of amides is 2. The zero-order valence-corrected chi connectivity index (χ0v) is 17.1. The summed E-state index contributed by atoms with van der Waals surface area (Å²) in [5.41, 5.74) is 1.05. The Morgan fingerprint density at radius 2 is 1.67 bits per heavy atom. The van der Waals surface area contributed by atoms with E-state index in [9.17, 15) is 9.59 Å². The molecular formula is C25H26N2O3. The molecule has 2 amide bonds. The van der Waals surface area contributed by atoms with E-state index in [2.05, 4.69) is 5.32 Å². The van der Waals surface area contributed by atoms with Crippen LogP contribution in [0.25, 0.3) is 10.8 Å². The Bertz CT molecular complexity index is 1050. The highest BCUT2D eigenvalue weighted by molar-refractivity contribution is 6.04. The molecule has 5 nitrogen and oxygen atoms in total. The van der Waals surface area contributed by atoms with Crippen molar-refractivity contribution in [3.8, 4) is 5.75 Å². The van der Waals surface area contributed by atoms with Gasteiger partial charge in [0, 0.05) is 18.5 Å². The first-order valence-corrected chi connectivity index (χ1v) is 10.5. The third-order valence-electron chi connectivity index (χ3n) is 5.49. The molecule has 1 N–H and O–H groups in total. The monoisotopic (exact) mass is 402 g/mol. The second-order valence-electron chi connectivity index (χ2n) is 7.53. The molecule has 1 saturated heterocycles. The first-order chi connectivity index (χ1) is 14.7. The molecule has 0 bridgehead atoms. The van der Waals surface area contributed by atoms with Crippen LogP contribution in [0.1, 0.15) is 36.5 Å². The third kappa shape index (κ3) is 4.15. The summed E-state index contributed by atoms with van der Waals surface area (Å²) >= 11 is 0. The molecule has 0 aromatic heterocycles. The van der Waals surface area contributed by atoms with Crippen LogP contribution in [0, 0.1) is 0 Å². The third-order valence-corrected chi connectivity index (χ3v) is 5.49. The van der Waals surface area contributed by atoms with E-state index in [4.69, 9.17) is 4.74 Å². The molecule has 5 heteroatoms. The quantitative estimate of drug-likeness (QED) is 0.640. The van der Waals surface area contributed by atoms with E-state index in [0.717, 1.165) is 36.7 Å². The molecule has 1 heterocycles. The topological polar surface area (TPSA) is 58.6 Å². The summed E-state index contributed by atoms with van der Waals surface area (Å²) in [6.07, 6.45) is 1.90. The number of fused-ring (bicyclic) bond motifs is 1. The highest BCUT2D eigenvalue weighted by Gasteiger charge is 2.24. The van der Waals surface area contributed by atoms with E-state index in [1.807, 2.05) is 66.4 Å². The summed E-state index contributed by atoms with van der Waals surface area (Å²) in [7, 11) is 0. The number of carbonyl (C=O) groups is 2. The highest BCUT2D eigenvalue weighted by atomic mass is 16.5. The lowest BCUT2D eigenvalue weighted by Crippen LogP contribution is -2.34. The maximum absolute atomic E-state index is 13.0. The van der Waals surface area contributed by atoms with Crippen LogP contribution in [-0.4, -0.2) is 35.9 Å². The van der Waals surface area contributed by atoms with Gasteiger partial charge in [0.2, 0.25) is 0 Å². The van der Waals surface area contributed by atoms with Gasteiger partial charge in [0.25, 0.3) is 11.8 Å². The number of anilines is 1. The van der Waals surface area contributed by atoms with Crippen molar-refractivity contribution in [1.82, 2.24) is 4.90 Å². The second-order valence-corrected chi connectivity index (χ2v) is 7.53. The van der Waals surface area contributed by atoms with Crippen LogP contribution in [0.5, 0.6) is 5.75 Å². The molecule has 0 radical (unpaired) electrons. The van der Waals surface area contributed by atoms with Gasteiger partial charge in [-0.1, -0.05) is 55.5 Å². The zero-order chi connectivity index (χ0) is 20.9. The summed E-state index contributed by atoms with van der Waals surface area (Å²) in [5, 5.41) is 4.95. The number of rotatable bonds is 6. The number of benzene rings is 3. The normalized spacial score (nSPS) is 14.5. The summed E-state index contributed by atoms with van der Waals surface area (Å²) < 4.78 is 6.10. The van der Waals surface area contributed by atoms with Gasteiger partial charge in [0.15, 0.2) is 6.10 Å². The van der Waals surface area contributed by atoms with Crippen LogP contribution < -0.4 is 10.1 Å². The number of nitrogens with zero attached hydrogens (tertiary/aromatic N) is 1. The van der Waals surface area contributed by atoms with E-state index in [1.54, 1.807) is 12.1 Å². The van der Waals surface area contributed by atoms with E-state index in [1.165, 1.54) is 0 Å². The fourth-order valence-corrected chi connectivity index (χ4v) is 3.86. The van der Waals surface area contributed by atoms with Crippen LogP contribution in [-0.2, 0) is 4.79 Å². The molecule has 1 fully saturated rings. The predicted octanol–water partition coefficient (Wildman–Crippen LogP) is 4.87. The van der Waals surface area contributed by atoms with Crippen LogP contribution in [0.3, 0.4) is 0 Å². The summed E-state index contributed by atoms with van der Waals surface area (Å²) in [5.74, 6) is 0.384. The van der Waals surface area contributed by atoms with Crippen LogP contribution in [0.2, 0.25) is 0 Å². The minimum Gasteiger partial charge on any atom is -0.480 e. The smallest absolute Gasteiger partial charge is 0.265 e. The van der Waals surface area contributed by atoms with Crippen molar-refractivity contribution in [2.75, 3.05) is 18.4 Å². The van der Waals surface area contributed by atoms with Crippen molar-refractivity contribution in [3.63, 3.8) is 0 Å². The van der Waals surface area contributed by atoms with Gasteiger partial charge in [0.05, 0.1) is 11.3 Å². The van der Waals surface area contributed by atoms with E-state index >= 15 is 0 Å². The first-order valence-electron chi connectivity index (χ1n) is 10.5. The fourth-order valence-electron chi connectivity index (χ4n) is 3.86. The number of ether oxygens (including phenoxy) is 1. The van der Waals surface area contributed by atoms with Crippen molar-refractivity contribution >= 4 is 28.3 Å². The van der Waals surface area contributed by atoms with Gasteiger partial charge in [-0.2, -0.15) is 0 Å². The van der Waals surface area contributed by atoms with Crippen molar-refractivity contribution in [1.29, 1.82) is 0 Å². The van der Waals surface area contributed by atoms with Crippen LogP contribution in [0.15, 0.2) is 66.7 Å². The average Bonchev–Trinajstić information content (AvgIpc) is 3.32. The van der Waals surface area contributed by atoms with Gasteiger partial charge in [0.1, 0.15) is 5.75 Å². The standard InChI is InChI=1S/C25H26N2O3/c1-2-22(30-23-15-9-11-18-10-3-4-12-19(18)23)24(28)26-21-14-6-5-13-20(21)25(29)27-16-7-8-17-27/h3-6,9-15,22H,2,7-8,16-17H2,1H3,(H,26,28)/t22-/m1/s1. The Morgan fingerprint density at radius 3 is 2.47 bits per heavy atom. The molecule has 0 aliphatic carbocycles. The summed E-state index contributed by atoms with van der Waals surface area (Å²) in [4.78, 5) is 27.7. The average molecular weight is 402 g/mol. The number of carbonyl (C=O) groups excluding carboxylic acids is 2. The minimum atomic E-state index is -0.661. The molecule has 1 aliphatic rings. The summed E-state index contributed by atoms with van der Waals surface area (Å²) in [6.45, 7) is 3.45. The molecular weight excluding hydrogens is 376 g/mol. The number of hydrogen-bond acceptors (Lipinski definition) is 3. The molecule has 1 aliphatic heterocycles. The van der Waals surface area contributed by atoms with Gasteiger partial charge in [-0.05, 0) is 42.8 Å². The Kier molecular flexibility index (Phi) is 5.98. The van der Waals surface area contributed by atoms with E-state index < -0.39 is 6.10 Å². The maximum atomic E-state index is 13.0. The predicted molar refractivity (Wildman–Crippen MR) is 119 cm³/mol. The SMILES string of the molecule is CC[C@@H](Oc1cccc2ccccc12)C(=O)Nc1ccccc1C(=O)N1CCCC1. The van der Waals surface area contributed by atoms with Crippen LogP contribution >= 0.6 is 0 Å². The molecule has 0 spiro atoms. The molecule has 30 heavy (non-hydrogen) atoms. The number of likely N-dealkylation sites (tertiary alicyclic amines) is 1. The molecule has 3 aromatic rings. The first kappa shape index (κ1) is 20.0. The van der Waals surface area contributed by atoms with Gasteiger partial charge in [-0.15, -0.1) is 0 Å². The molecule has 1 atom stereocenters. The lowest BCUT2D eigenvalue weighted by Gasteiger charge is -2.21. The van der Waals surface area contributed by atoms with Gasteiger partial charge in [-0.25, -0.2) is 0 Å². The largest absolute Gasteiger partial charge is 0.480 e. The Morgan fingerprint density at radius 1 is 0.967 bits per heavy atom. The molecule has 0 unspecified atom stereocenters.